The molecule has 0 spiro atoms. The molecule has 0 aromatic heterocycles. The number of halogens is 2. The van der Waals surface area contributed by atoms with E-state index in [1.54, 1.807) is 0 Å². The van der Waals surface area contributed by atoms with Gasteiger partial charge in [0.25, 0.3) is 0 Å². The molecule has 0 saturated carbocycles. The van der Waals surface area contributed by atoms with Crippen LogP contribution >= 0.6 is 24.0 Å². The van der Waals surface area contributed by atoms with Gasteiger partial charge < -0.3 is 10.4 Å². The molecule has 0 saturated heterocycles. The monoisotopic (exact) mass is 269 g/mol. The Morgan fingerprint density at radius 3 is 2.88 bits per heavy atom. The number of hydrogen-bond acceptors (Lipinski definition) is 2. The highest BCUT2D eigenvalue weighted by Gasteiger charge is 2.19. The lowest BCUT2D eigenvalue weighted by Gasteiger charge is -2.25. The topological polar surface area (TPSA) is 32.3 Å². The summed E-state index contributed by atoms with van der Waals surface area (Å²) in [6, 6.07) is 10.1. The molecule has 4 heteroatoms. The van der Waals surface area contributed by atoms with Crippen molar-refractivity contribution < 1.29 is 5.11 Å². The van der Waals surface area contributed by atoms with Crippen LogP contribution in [0.1, 0.15) is 12.0 Å². The standard InChI is InChI=1S/C13H12ClNO.ClH/c14-11-7-8-3-1-2-4-9(8)10-5-6-12(16)15-13(10)11;/h1-4,7,12,15-16H,5-6H2;1H. The van der Waals surface area contributed by atoms with Gasteiger partial charge in [0.1, 0.15) is 6.23 Å². The Morgan fingerprint density at radius 1 is 1.29 bits per heavy atom. The molecule has 2 aromatic rings. The average Bonchev–Trinajstić information content (AvgIpc) is 2.29. The first kappa shape index (κ1) is 12.5. The summed E-state index contributed by atoms with van der Waals surface area (Å²) in [6.07, 6.45) is 1.12. The molecule has 1 heterocycles. The van der Waals surface area contributed by atoms with E-state index in [2.05, 4.69) is 17.4 Å². The predicted molar refractivity (Wildman–Crippen MR) is 74.2 cm³/mol. The lowest BCUT2D eigenvalue weighted by molar-refractivity contribution is 0.189. The second-order valence-electron chi connectivity index (χ2n) is 4.13. The highest BCUT2D eigenvalue weighted by Crippen LogP contribution is 2.37. The Bertz CT molecular complexity index is 556. The Balaban J connectivity index is 0.00000108. The number of hydrogen-bond donors (Lipinski definition) is 2. The van der Waals surface area contributed by atoms with Crippen LogP contribution in [0.25, 0.3) is 10.8 Å². The second-order valence-corrected chi connectivity index (χ2v) is 4.54. The zero-order valence-corrected chi connectivity index (χ0v) is 10.7. The summed E-state index contributed by atoms with van der Waals surface area (Å²) in [7, 11) is 0. The maximum absolute atomic E-state index is 9.58. The molecule has 2 aromatic carbocycles. The van der Waals surface area contributed by atoms with E-state index in [1.165, 1.54) is 10.9 Å². The number of aliphatic hydroxyl groups excluding tert-OH is 1. The Hall–Kier alpha value is -0.960. The van der Waals surface area contributed by atoms with Crippen molar-refractivity contribution in [3.63, 3.8) is 0 Å². The van der Waals surface area contributed by atoms with Crippen LogP contribution in [0.2, 0.25) is 5.02 Å². The zero-order valence-electron chi connectivity index (χ0n) is 9.11. The van der Waals surface area contributed by atoms with Gasteiger partial charge >= 0.3 is 0 Å². The number of aryl methyl sites for hydroxylation is 1. The van der Waals surface area contributed by atoms with Crippen LogP contribution in [-0.2, 0) is 6.42 Å². The molecule has 1 unspecified atom stereocenters. The minimum atomic E-state index is -0.480. The number of benzene rings is 2. The van der Waals surface area contributed by atoms with Gasteiger partial charge in [-0.15, -0.1) is 12.4 Å². The lowest BCUT2D eigenvalue weighted by Crippen LogP contribution is -2.25. The van der Waals surface area contributed by atoms with Crippen molar-refractivity contribution in [1.82, 2.24) is 0 Å². The number of nitrogens with one attached hydrogen (secondary N) is 1. The van der Waals surface area contributed by atoms with Gasteiger partial charge in [0, 0.05) is 0 Å². The summed E-state index contributed by atoms with van der Waals surface area (Å²) in [5, 5.41) is 15.7. The van der Waals surface area contributed by atoms with E-state index in [9.17, 15) is 5.11 Å². The molecule has 17 heavy (non-hydrogen) atoms. The average molecular weight is 270 g/mol. The molecule has 0 amide bonds. The van der Waals surface area contributed by atoms with E-state index < -0.39 is 6.23 Å². The largest absolute Gasteiger partial charge is 0.374 e. The van der Waals surface area contributed by atoms with E-state index in [-0.39, 0.29) is 12.4 Å². The van der Waals surface area contributed by atoms with E-state index in [4.69, 9.17) is 11.6 Å². The molecular weight excluding hydrogens is 257 g/mol. The Kier molecular flexibility index (Phi) is 3.48. The number of anilines is 1. The summed E-state index contributed by atoms with van der Waals surface area (Å²) in [6.45, 7) is 0. The highest BCUT2D eigenvalue weighted by atomic mass is 35.5. The van der Waals surface area contributed by atoms with Crippen LogP contribution in [0.15, 0.2) is 30.3 Å². The maximum Gasteiger partial charge on any atom is 0.124 e. The van der Waals surface area contributed by atoms with Gasteiger partial charge in [-0.3, -0.25) is 0 Å². The fourth-order valence-corrected chi connectivity index (χ4v) is 2.61. The van der Waals surface area contributed by atoms with Crippen LogP contribution in [0.4, 0.5) is 5.69 Å². The third-order valence-electron chi connectivity index (χ3n) is 3.09. The summed E-state index contributed by atoms with van der Waals surface area (Å²) in [5.74, 6) is 0. The first-order valence-electron chi connectivity index (χ1n) is 5.40. The number of fused-ring (bicyclic) bond motifs is 3. The lowest BCUT2D eigenvalue weighted by atomic mass is 9.95. The minimum absolute atomic E-state index is 0. The molecule has 2 nitrogen and oxygen atoms in total. The molecule has 1 aliphatic rings. The molecule has 0 fully saturated rings. The normalized spacial score (nSPS) is 18.1. The number of aliphatic hydroxyl groups is 1. The minimum Gasteiger partial charge on any atom is -0.374 e. The molecule has 2 N–H and O–H groups in total. The van der Waals surface area contributed by atoms with Crippen molar-refractivity contribution in [3.8, 4) is 0 Å². The Morgan fingerprint density at radius 2 is 2.06 bits per heavy atom. The van der Waals surface area contributed by atoms with Gasteiger partial charge in [0.2, 0.25) is 0 Å². The zero-order chi connectivity index (χ0) is 11.1. The van der Waals surface area contributed by atoms with Crippen molar-refractivity contribution in [2.45, 2.75) is 19.1 Å². The first-order chi connectivity index (χ1) is 7.75. The Labute approximate surface area is 111 Å². The van der Waals surface area contributed by atoms with Crippen molar-refractivity contribution in [2.75, 3.05) is 5.32 Å². The van der Waals surface area contributed by atoms with Gasteiger partial charge in [-0.05, 0) is 35.2 Å². The van der Waals surface area contributed by atoms with Crippen LogP contribution < -0.4 is 5.32 Å². The van der Waals surface area contributed by atoms with Gasteiger partial charge in [-0.1, -0.05) is 35.9 Å². The molecule has 1 atom stereocenters. The summed E-state index contributed by atoms with van der Waals surface area (Å²) < 4.78 is 0. The SMILES string of the molecule is Cl.OC1CCc2c(c(Cl)cc3ccccc23)N1. The van der Waals surface area contributed by atoms with Gasteiger partial charge in [-0.2, -0.15) is 0 Å². The fourth-order valence-electron chi connectivity index (χ4n) is 2.32. The highest BCUT2D eigenvalue weighted by molar-refractivity contribution is 6.34. The van der Waals surface area contributed by atoms with Gasteiger partial charge in [0.15, 0.2) is 0 Å². The number of rotatable bonds is 0. The second kappa shape index (κ2) is 4.73. The molecule has 0 aliphatic carbocycles. The van der Waals surface area contributed by atoms with Crippen molar-refractivity contribution in [2.24, 2.45) is 0 Å². The van der Waals surface area contributed by atoms with E-state index in [1.807, 2.05) is 18.2 Å². The quantitative estimate of drug-likeness (QED) is 0.766. The summed E-state index contributed by atoms with van der Waals surface area (Å²) >= 11 is 6.21. The fraction of sp³-hybridized carbons (Fsp3) is 0.231. The van der Waals surface area contributed by atoms with E-state index >= 15 is 0 Å². The molecule has 0 bridgehead atoms. The van der Waals surface area contributed by atoms with Crippen LogP contribution in [0.5, 0.6) is 0 Å². The van der Waals surface area contributed by atoms with E-state index in [0.29, 0.717) is 5.02 Å². The van der Waals surface area contributed by atoms with Gasteiger partial charge in [-0.25, -0.2) is 0 Å². The smallest absolute Gasteiger partial charge is 0.124 e. The van der Waals surface area contributed by atoms with Gasteiger partial charge in [0.05, 0.1) is 10.7 Å². The van der Waals surface area contributed by atoms with Crippen LogP contribution in [0.3, 0.4) is 0 Å². The van der Waals surface area contributed by atoms with Crippen LogP contribution in [-0.4, -0.2) is 11.3 Å². The molecule has 90 valence electrons. The third-order valence-corrected chi connectivity index (χ3v) is 3.39. The third kappa shape index (κ3) is 2.08. The predicted octanol–water partition coefficient (Wildman–Crippen LogP) is 3.59. The first-order valence-corrected chi connectivity index (χ1v) is 5.78. The van der Waals surface area contributed by atoms with E-state index in [0.717, 1.165) is 23.9 Å². The molecule has 0 radical (unpaired) electrons. The maximum atomic E-state index is 9.58. The summed E-state index contributed by atoms with van der Waals surface area (Å²) in [4.78, 5) is 0. The van der Waals surface area contributed by atoms with Crippen molar-refractivity contribution in [3.05, 3.63) is 40.9 Å². The van der Waals surface area contributed by atoms with Crippen molar-refractivity contribution in [1.29, 1.82) is 0 Å². The molecule has 3 rings (SSSR count). The van der Waals surface area contributed by atoms with Crippen molar-refractivity contribution >= 4 is 40.5 Å². The van der Waals surface area contributed by atoms with Crippen LogP contribution in [0, 0.1) is 0 Å². The summed E-state index contributed by atoms with van der Waals surface area (Å²) in [5.41, 5.74) is 2.10. The molecule has 1 aliphatic heterocycles. The molecular formula is C13H13Cl2NO.